The number of nitrogens with zero attached hydrogens (tertiary/aromatic N) is 5. The second-order valence-corrected chi connectivity index (χ2v) is 10.1. The van der Waals surface area contributed by atoms with Crippen molar-refractivity contribution in [2.75, 3.05) is 20.7 Å². The lowest BCUT2D eigenvalue weighted by Gasteiger charge is -2.19. The summed E-state index contributed by atoms with van der Waals surface area (Å²) in [6.45, 7) is 3.69. The smallest absolute Gasteiger partial charge is 0.338 e. The first-order chi connectivity index (χ1) is 19.7. The SMILES string of the molecule is Cc1ccc(C(=O)OC[C@H]2O[C@@H](n3cnc4c(=O)[nH]c(/N=C/N(C)C)nc43)C[C@@H]2OC(=O)c2ccc(C)cc2)cc1. The van der Waals surface area contributed by atoms with Crippen LogP contribution in [0.2, 0.25) is 0 Å². The molecule has 12 heteroatoms. The predicted molar refractivity (Wildman–Crippen MR) is 150 cm³/mol. The number of esters is 2. The first-order valence-corrected chi connectivity index (χ1v) is 13.0. The van der Waals surface area contributed by atoms with Crippen molar-refractivity contribution in [2.24, 2.45) is 4.99 Å². The Labute approximate surface area is 235 Å². The van der Waals surface area contributed by atoms with E-state index in [-0.39, 0.29) is 30.1 Å². The van der Waals surface area contributed by atoms with Crippen LogP contribution < -0.4 is 5.56 Å². The van der Waals surface area contributed by atoms with Gasteiger partial charge in [0, 0.05) is 20.5 Å². The van der Waals surface area contributed by atoms with Crippen LogP contribution in [-0.4, -0.2) is 75.6 Å². The second kappa shape index (κ2) is 11.7. The summed E-state index contributed by atoms with van der Waals surface area (Å²) in [5.74, 6) is -0.952. The molecule has 1 fully saturated rings. The number of aliphatic imine (C=N–C) groups is 1. The highest BCUT2D eigenvalue weighted by atomic mass is 16.6. The summed E-state index contributed by atoms with van der Waals surface area (Å²) < 4.78 is 19.2. The van der Waals surface area contributed by atoms with E-state index in [0.717, 1.165) is 11.1 Å². The maximum atomic E-state index is 13.0. The van der Waals surface area contributed by atoms with Crippen molar-refractivity contribution in [3.05, 3.63) is 87.5 Å². The lowest BCUT2D eigenvalue weighted by molar-refractivity contribution is -0.0563. The molecule has 1 saturated heterocycles. The van der Waals surface area contributed by atoms with Crippen LogP contribution in [0.4, 0.5) is 5.95 Å². The molecule has 5 rings (SSSR count). The number of carbonyl (C=O) groups excluding carboxylic acids is 2. The molecule has 12 nitrogen and oxygen atoms in total. The fourth-order valence-corrected chi connectivity index (χ4v) is 4.33. The Bertz CT molecular complexity index is 1640. The molecule has 0 aliphatic carbocycles. The van der Waals surface area contributed by atoms with Crippen LogP contribution >= 0.6 is 0 Å². The van der Waals surface area contributed by atoms with E-state index in [1.165, 1.54) is 12.7 Å². The number of hydrogen-bond donors (Lipinski definition) is 1. The van der Waals surface area contributed by atoms with E-state index >= 15 is 0 Å². The van der Waals surface area contributed by atoms with Crippen molar-refractivity contribution >= 4 is 35.4 Å². The van der Waals surface area contributed by atoms with Crippen molar-refractivity contribution in [2.45, 2.75) is 38.7 Å². The summed E-state index contributed by atoms with van der Waals surface area (Å²) >= 11 is 0. The standard InChI is InChI=1S/C29H30N6O6/c1-17-5-9-19(10-6-17)27(37)39-14-22-21(41-28(38)20-11-7-18(2)8-12-20)13-23(40-22)35-16-30-24-25(35)32-29(33-26(24)36)31-15-34(3)4/h5-12,15-16,21-23H,13-14H2,1-4H3,(H,32,33,36)/b31-15+/t21-,22+,23+/m0/s1. The quantitative estimate of drug-likeness (QED) is 0.196. The van der Waals surface area contributed by atoms with Crippen molar-refractivity contribution in [1.82, 2.24) is 24.4 Å². The highest BCUT2D eigenvalue weighted by Gasteiger charge is 2.40. The number of benzene rings is 2. The Hall–Kier alpha value is -4.84. The average molecular weight is 559 g/mol. The normalized spacial score (nSPS) is 18.6. The van der Waals surface area contributed by atoms with Gasteiger partial charge in [0.2, 0.25) is 5.95 Å². The number of H-pyrrole nitrogens is 1. The highest BCUT2D eigenvalue weighted by Crippen LogP contribution is 2.33. The van der Waals surface area contributed by atoms with Crippen LogP contribution in [0.15, 0.2) is 64.6 Å². The summed E-state index contributed by atoms with van der Waals surface area (Å²) in [4.78, 5) is 55.5. The van der Waals surface area contributed by atoms with Gasteiger partial charge in [0.25, 0.3) is 5.56 Å². The van der Waals surface area contributed by atoms with Gasteiger partial charge in [-0.25, -0.2) is 19.6 Å². The number of fused-ring (bicyclic) bond motifs is 1. The minimum Gasteiger partial charge on any atom is -0.459 e. The van der Waals surface area contributed by atoms with E-state index in [2.05, 4.69) is 19.9 Å². The molecular formula is C29H30N6O6. The predicted octanol–water partition coefficient (Wildman–Crippen LogP) is 3.33. The fourth-order valence-electron chi connectivity index (χ4n) is 4.33. The van der Waals surface area contributed by atoms with Crippen LogP contribution in [0.1, 0.15) is 44.5 Å². The largest absolute Gasteiger partial charge is 0.459 e. The summed E-state index contributed by atoms with van der Waals surface area (Å²) in [7, 11) is 3.58. The van der Waals surface area contributed by atoms with Gasteiger partial charge in [0.05, 0.1) is 23.8 Å². The molecule has 0 saturated carbocycles. The van der Waals surface area contributed by atoms with Crippen LogP contribution in [0, 0.1) is 13.8 Å². The molecule has 0 radical (unpaired) electrons. The number of aromatic nitrogens is 4. The summed E-state index contributed by atoms with van der Waals surface area (Å²) in [5, 5.41) is 0. The average Bonchev–Trinajstić information content (AvgIpc) is 3.55. The van der Waals surface area contributed by atoms with Gasteiger partial charge in [-0.1, -0.05) is 35.4 Å². The number of imidazole rings is 1. The van der Waals surface area contributed by atoms with Gasteiger partial charge in [-0.2, -0.15) is 4.98 Å². The first kappa shape index (κ1) is 27.7. The van der Waals surface area contributed by atoms with Crippen molar-refractivity contribution in [3.63, 3.8) is 0 Å². The number of rotatable bonds is 8. The summed E-state index contributed by atoms with van der Waals surface area (Å²) in [5.41, 5.74) is 2.72. The number of ether oxygens (including phenoxy) is 3. The molecule has 41 heavy (non-hydrogen) atoms. The molecule has 0 bridgehead atoms. The topological polar surface area (TPSA) is 141 Å². The van der Waals surface area contributed by atoms with Gasteiger partial charge < -0.3 is 19.1 Å². The van der Waals surface area contributed by atoms with Crippen LogP contribution in [-0.2, 0) is 14.2 Å². The highest BCUT2D eigenvalue weighted by molar-refractivity contribution is 5.90. The van der Waals surface area contributed by atoms with Gasteiger partial charge in [0.1, 0.15) is 25.0 Å². The molecular weight excluding hydrogens is 528 g/mol. The van der Waals surface area contributed by atoms with Crippen LogP contribution in [0.3, 0.4) is 0 Å². The van der Waals surface area contributed by atoms with E-state index in [0.29, 0.717) is 11.1 Å². The lowest BCUT2D eigenvalue weighted by atomic mass is 10.1. The zero-order valence-corrected chi connectivity index (χ0v) is 23.1. The maximum Gasteiger partial charge on any atom is 0.338 e. The third kappa shape index (κ3) is 6.33. The molecule has 0 amide bonds. The molecule has 2 aromatic heterocycles. The minimum absolute atomic E-state index is 0.0990. The maximum absolute atomic E-state index is 13.0. The number of nitrogens with one attached hydrogen (secondary N) is 1. The first-order valence-electron chi connectivity index (χ1n) is 13.0. The molecule has 3 heterocycles. The molecule has 4 aromatic rings. The Balaban J connectivity index is 1.40. The molecule has 1 aliphatic heterocycles. The Morgan fingerprint density at radius 3 is 2.34 bits per heavy atom. The number of aryl methyl sites for hydroxylation is 2. The third-order valence-corrected chi connectivity index (χ3v) is 6.53. The van der Waals surface area contributed by atoms with Crippen molar-refractivity contribution < 1.29 is 23.8 Å². The Kier molecular flexibility index (Phi) is 7.92. The van der Waals surface area contributed by atoms with Gasteiger partial charge in [-0.05, 0) is 38.1 Å². The number of hydrogen-bond acceptors (Lipinski definition) is 9. The molecule has 212 valence electrons. The molecule has 1 aliphatic rings. The lowest BCUT2D eigenvalue weighted by Crippen LogP contribution is -2.32. The minimum atomic E-state index is -0.783. The Morgan fingerprint density at radius 1 is 1.07 bits per heavy atom. The summed E-state index contributed by atoms with van der Waals surface area (Å²) in [6, 6.07) is 14.0. The second-order valence-electron chi connectivity index (χ2n) is 10.1. The van der Waals surface area contributed by atoms with Gasteiger partial charge in [-0.15, -0.1) is 0 Å². The molecule has 2 aromatic carbocycles. The molecule has 0 spiro atoms. The van der Waals surface area contributed by atoms with Crippen LogP contribution in [0.25, 0.3) is 11.2 Å². The number of aromatic amines is 1. The Morgan fingerprint density at radius 2 is 1.71 bits per heavy atom. The van der Waals surface area contributed by atoms with E-state index < -0.39 is 35.9 Å². The van der Waals surface area contributed by atoms with Crippen molar-refractivity contribution in [1.29, 1.82) is 0 Å². The van der Waals surface area contributed by atoms with E-state index in [9.17, 15) is 14.4 Å². The zero-order chi connectivity index (χ0) is 29.1. The van der Waals surface area contributed by atoms with E-state index in [1.54, 1.807) is 47.8 Å². The van der Waals surface area contributed by atoms with E-state index in [1.807, 2.05) is 38.1 Å². The monoisotopic (exact) mass is 558 g/mol. The molecule has 0 unspecified atom stereocenters. The van der Waals surface area contributed by atoms with Gasteiger partial charge in [-0.3, -0.25) is 14.3 Å². The summed E-state index contributed by atoms with van der Waals surface area (Å²) in [6.07, 6.45) is 0.908. The third-order valence-electron chi connectivity index (χ3n) is 6.53. The van der Waals surface area contributed by atoms with Crippen LogP contribution in [0.5, 0.6) is 0 Å². The zero-order valence-electron chi connectivity index (χ0n) is 23.1. The number of carbonyl (C=O) groups is 2. The van der Waals surface area contributed by atoms with E-state index in [4.69, 9.17) is 14.2 Å². The fraction of sp³-hybridized carbons (Fsp3) is 0.310. The van der Waals surface area contributed by atoms with Crippen molar-refractivity contribution in [3.8, 4) is 0 Å². The van der Waals surface area contributed by atoms with Gasteiger partial charge in [0.15, 0.2) is 11.2 Å². The van der Waals surface area contributed by atoms with Gasteiger partial charge >= 0.3 is 11.9 Å². The molecule has 3 atom stereocenters. The molecule has 1 N–H and O–H groups in total.